The predicted molar refractivity (Wildman–Crippen MR) is 71.4 cm³/mol. The van der Waals surface area contributed by atoms with Gasteiger partial charge in [0, 0.05) is 6.54 Å². The van der Waals surface area contributed by atoms with Gasteiger partial charge in [0.15, 0.2) is 0 Å². The van der Waals surface area contributed by atoms with Gasteiger partial charge in [-0.25, -0.2) is 4.98 Å². The molecule has 1 fully saturated rings. The van der Waals surface area contributed by atoms with Gasteiger partial charge in [-0.05, 0) is 42.9 Å². The molecule has 3 heteroatoms. The molecule has 0 aliphatic heterocycles. The SMILES string of the molecule is Cc1ccc2c(c1)nc(CCl)n2CC1(C)CC1. The minimum atomic E-state index is 0.472. The van der Waals surface area contributed by atoms with Crippen molar-refractivity contribution in [3.05, 3.63) is 29.6 Å². The van der Waals surface area contributed by atoms with Crippen LogP contribution in [-0.2, 0) is 12.4 Å². The number of nitrogens with zero attached hydrogens (tertiary/aromatic N) is 2. The Morgan fingerprint density at radius 2 is 2.18 bits per heavy atom. The van der Waals surface area contributed by atoms with Crippen molar-refractivity contribution in [2.45, 2.75) is 39.1 Å². The van der Waals surface area contributed by atoms with Gasteiger partial charge >= 0.3 is 0 Å². The summed E-state index contributed by atoms with van der Waals surface area (Å²) in [7, 11) is 0. The third-order valence-corrected chi connectivity index (χ3v) is 3.98. The Kier molecular flexibility index (Phi) is 2.44. The van der Waals surface area contributed by atoms with Crippen LogP contribution in [0.1, 0.15) is 31.2 Å². The van der Waals surface area contributed by atoms with Gasteiger partial charge < -0.3 is 4.57 Å². The van der Waals surface area contributed by atoms with E-state index in [1.165, 1.54) is 23.9 Å². The first-order chi connectivity index (χ1) is 8.11. The highest BCUT2D eigenvalue weighted by Gasteiger charge is 2.38. The molecule has 0 radical (unpaired) electrons. The normalized spacial score (nSPS) is 17.6. The fourth-order valence-electron chi connectivity index (χ4n) is 2.32. The van der Waals surface area contributed by atoms with Crippen LogP contribution < -0.4 is 0 Å². The highest BCUT2D eigenvalue weighted by molar-refractivity contribution is 6.16. The van der Waals surface area contributed by atoms with Gasteiger partial charge in [0.2, 0.25) is 0 Å². The third kappa shape index (κ3) is 1.95. The van der Waals surface area contributed by atoms with Crippen LogP contribution in [-0.4, -0.2) is 9.55 Å². The molecular weight excluding hydrogens is 232 g/mol. The van der Waals surface area contributed by atoms with Crippen LogP contribution in [0.15, 0.2) is 18.2 Å². The van der Waals surface area contributed by atoms with E-state index in [0.717, 1.165) is 17.9 Å². The summed E-state index contributed by atoms with van der Waals surface area (Å²) < 4.78 is 2.30. The smallest absolute Gasteiger partial charge is 0.124 e. The fraction of sp³-hybridized carbons (Fsp3) is 0.500. The molecule has 0 atom stereocenters. The van der Waals surface area contributed by atoms with Gasteiger partial charge in [-0.2, -0.15) is 0 Å². The van der Waals surface area contributed by atoms with E-state index in [2.05, 4.69) is 41.6 Å². The summed E-state index contributed by atoms with van der Waals surface area (Å²) in [4.78, 5) is 4.63. The molecule has 1 saturated carbocycles. The molecule has 0 bridgehead atoms. The van der Waals surface area contributed by atoms with Crippen LogP contribution in [0.25, 0.3) is 11.0 Å². The van der Waals surface area contributed by atoms with Crippen molar-refractivity contribution >= 4 is 22.6 Å². The number of halogens is 1. The lowest BCUT2D eigenvalue weighted by molar-refractivity contribution is 0.465. The quantitative estimate of drug-likeness (QED) is 0.754. The summed E-state index contributed by atoms with van der Waals surface area (Å²) in [6.45, 7) is 5.49. The van der Waals surface area contributed by atoms with E-state index >= 15 is 0 Å². The van der Waals surface area contributed by atoms with E-state index in [0.29, 0.717) is 11.3 Å². The number of alkyl halides is 1. The number of aromatic nitrogens is 2. The zero-order valence-electron chi connectivity index (χ0n) is 10.3. The van der Waals surface area contributed by atoms with Crippen molar-refractivity contribution in [1.29, 1.82) is 0 Å². The molecular formula is C14H17ClN2. The summed E-state index contributed by atoms with van der Waals surface area (Å²) in [5.41, 5.74) is 4.02. The summed E-state index contributed by atoms with van der Waals surface area (Å²) in [6.07, 6.45) is 2.64. The van der Waals surface area contributed by atoms with Gasteiger partial charge in [0.05, 0.1) is 16.9 Å². The second-order valence-electron chi connectivity index (χ2n) is 5.55. The maximum absolute atomic E-state index is 6.01. The highest BCUT2D eigenvalue weighted by atomic mass is 35.5. The fourth-order valence-corrected chi connectivity index (χ4v) is 2.53. The van der Waals surface area contributed by atoms with E-state index in [1.807, 2.05) is 0 Å². The molecule has 0 unspecified atom stereocenters. The molecule has 1 aliphatic carbocycles. The van der Waals surface area contributed by atoms with Gasteiger partial charge in [-0.1, -0.05) is 13.0 Å². The van der Waals surface area contributed by atoms with Gasteiger partial charge in [-0.3, -0.25) is 0 Å². The number of aryl methyl sites for hydroxylation is 1. The molecule has 3 rings (SSSR count). The molecule has 0 N–H and O–H groups in total. The predicted octanol–water partition coefficient (Wildman–Crippen LogP) is 3.88. The number of rotatable bonds is 3. The van der Waals surface area contributed by atoms with Crippen molar-refractivity contribution in [3.63, 3.8) is 0 Å². The molecule has 0 spiro atoms. The molecule has 17 heavy (non-hydrogen) atoms. The first kappa shape index (κ1) is 11.1. The highest BCUT2D eigenvalue weighted by Crippen LogP contribution is 2.47. The Bertz CT molecular complexity index is 567. The number of fused-ring (bicyclic) bond motifs is 1. The summed E-state index contributed by atoms with van der Waals surface area (Å²) in [6, 6.07) is 6.45. The molecule has 1 aliphatic rings. The Morgan fingerprint density at radius 1 is 1.41 bits per heavy atom. The topological polar surface area (TPSA) is 17.8 Å². The Hall–Kier alpha value is -1.02. The van der Waals surface area contributed by atoms with E-state index in [4.69, 9.17) is 11.6 Å². The number of hydrogen-bond donors (Lipinski definition) is 0. The number of benzene rings is 1. The first-order valence-electron chi connectivity index (χ1n) is 6.13. The maximum Gasteiger partial charge on any atom is 0.124 e. The first-order valence-corrected chi connectivity index (χ1v) is 6.66. The largest absolute Gasteiger partial charge is 0.326 e. The third-order valence-electron chi connectivity index (χ3n) is 3.75. The second-order valence-corrected chi connectivity index (χ2v) is 5.82. The summed E-state index contributed by atoms with van der Waals surface area (Å²) >= 11 is 6.01. The Morgan fingerprint density at radius 3 is 2.82 bits per heavy atom. The van der Waals surface area contributed by atoms with Gasteiger partial charge in [0.1, 0.15) is 5.82 Å². The van der Waals surface area contributed by atoms with Gasteiger partial charge in [0.25, 0.3) is 0 Å². The van der Waals surface area contributed by atoms with Crippen LogP contribution in [0.5, 0.6) is 0 Å². The lowest BCUT2D eigenvalue weighted by Gasteiger charge is -2.12. The summed E-state index contributed by atoms with van der Waals surface area (Å²) in [5, 5.41) is 0. The molecule has 1 aromatic carbocycles. The summed E-state index contributed by atoms with van der Waals surface area (Å²) in [5.74, 6) is 1.49. The molecule has 0 amide bonds. The van der Waals surface area contributed by atoms with Gasteiger partial charge in [-0.15, -0.1) is 11.6 Å². The standard InChI is InChI=1S/C14H17ClN2/c1-10-3-4-12-11(7-10)16-13(8-15)17(12)9-14(2)5-6-14/h3-4,7H,5-6,8-9H2,1-2H3. The molecule has 0 saturated heterocycles. The lowest BCUT2D eigenvalue weighted by Crippen LogP contribution is -2.10. The Balaban J connectivity index is 2.12. The van der Waals surface area contributed by atoms with Crippen LogP contribution in [0.3, 0.4) is 0 Å². The van der Waals surface area contributed by atoms with Crippen LogP contribution in [0, 0.1) is 12.3 Å². The van der Waals surface area contributed by atoms with E-state index < -0.39 is 0 Å². The molecule has 90 valence electrons. The second kappa shape index (κ2) is 3.74. The zero-order chi connectivity index (χ0) is 12.0. The molecule has 2 aromatic rings. The maximum atomic E-state index is 6.01. The number of imidazole rings is 1. The van der Waals surface area contributed by atoms with E-state index in [1.54, 1.807) is 0 Å². The molecule has 1 aromatic heterocycles. The zero-order valence-corrected chi connectivity index (χ0v) is 11.1. The molecule has 2 nitrogen and oxygen atoms in total. The van der Waals surface area contributed by atoms with Crippen LogP contribution in [0.4, 0.5) is 0 Å². The molecule has 1 heterocycles. The van der Waals surface area contributed by atoms with E-state index in [-0.39, 0.29) is 0 Å². The van der Waals surface area contributed by atoms with E-state index in [9.17, 15) is 0 Å². The minimum Gasteiger partial charge on any atom is -0.326 e. The van der Waals surface area contributed by atoms with Crippen molar-refractivity contribution in [2.24, 2.45) is 5.41 Å². The van der Waals surface area contributed by atoms with Crippen molar-refractivity contribution in [1.82, 2.24) is 9.55 Å². The van der Waals surface area contributed by atoms with Crippen molar-refractivity contribution in [3.8, 4) is 0 Å². The van der Waals surface area contributed by atoms with Crippen LogP contribution in [0.2, 0.25) is 0 Å². The average molecular weight is 249 g/mol. The number of hydrogen-bond acceptors (Lipinski definition) is 1. The monoisotopic (exact) mass is 248 g/mol. The van der Waals surface area contributed by atoms with Crippen LogP contribution >= 0.6 is 11.6 Å². The Labute approximate surface area is 107 Å². The minimum absolute atomic E-state index is 0.472. The van der Waals surface area contributed by atoms with Crippen molar-refractivity contribution in [2.75, 3.05) is 0 Å². The average Bonchev–Trinajstić information content (AvgIpc) is 2.92. The van der Waals surface area contributed by atoms with Crippen molar-refractivity contribution < 1.29 is 0 Å². The lowest BCUT2D eigenvalue weighted by atomic mass is 10.1.